The molecule has 0 spiro atoms. The summed E-state index contributed by atoms with van der Waals surface area (Å²) in [5.74, 6) is -0.480. The molecule has 0 fully saturated rings. The van der Waals surface area contributed by atoms with Crippen molar-refractivity contribution < 1.29 is 22.7 Å². The minimum Gasteiger partial charge on any atom is -0.497 e. The highest BCUT2D eigenvalue weighted by molar-refractivity contribution is 7.92. The summed E-state index contributed by atoms with van der Waals surface area (Å²) in [6.07, 6.45) is 0.269. The summed E-state index contributed by atoms with van der Waals surface area (Å²) >= 11 is 12.9. The number of halogens is 2. The zero-order valence-electron chi connectivity index (χ0n) is 24.6. The van der Waals surface area contributed by atoms with Crippen LogP contribution in [0.5, 0.6) is 5.75 Å². The number of carbonyl (C=O) groups is 2. The van der Waals surface area contributed by atoms with E-state index in [-0.39, 0.29) is 23.8 Å². The van der Waals surface area contributed by atoms with Crippen LogP contribution < -0.4 is 14.4 Å². The van der Waals surface area contributed by atoms with Crippen molar-refractivity contribution in [1.29, 1.82) is 0 Å². The number of methoxy groups -OCH3 is 1. The maximum atomic E-state index is 14.2. The fraction of sp³-hybridized carbons (Fsp3) is 0.355. The van der Waals surface area contributed by atoms with Gasteiger partial charge in [-0.3, -0.25) is 13.9 Å². The van der Waals surface area contributed by atoms with Crippen LogP contribution in [0.25, 0.3) is 0 Å². The van der Waals surface area contributed by atoms with E-state index in [2.05, 4.69) is 5.32 Å². The van der Waals surface area contributed by atoms with Crippen LogP contribution in [-0.2, 0) is 26.2 Å². The predicted octanol–water partition coefficient (Wildman–Crippen LogP) is 6.23. The Kier molecular flexibility index (Phi) is 10.9. The van der Waals surface area contributed by atoms with Crippen LogP contribution >= 0.6 is 23.2 Å². The largest absolute Gasteiger partial charge is 0.497 e. The summed E-state index contributed by atoms with van der Waals surface area (Å²) < 4.78 is 34.2. The van der Waals surface area contributed by atoms with Crippen molar-refractivity contribution in [2.45, 2.75) is 64.1 Å². The molecule has 11 heteroatoms. The van der Waals surface area contributed by atoms with Gasteiger partial charge in [-0.05, 0) is 82.6 Å². The summed E-state index contributed by atoms with van der Waals surface area (Å²) in [4.78, 5) is 29.0. The number of sulfonamides is 1. The number of carbonyl (C=O) groups excluding carboxylic acids is 2. The second-order valence-electron chi connectivity index (χ2n) is 10.9. The monoisotopic (exact) mass is 633 g/mol. The summed E-state index contributed by atoms with van der Waals surface area (Å²) in [7, 11) is -2.73. The minimum absolute atomic E-state index is 0.0186. The fourth-order valence-corrected chi connectivity index (χ4v) is 6.27. The number of ether oxygens (including phenoxy) is 1. The lowest BCUT2D eigenvalue weighted by Gasteiger charge is -2.35. The molecule has 1 atom stereocenters. The van der Waals surface area contributed by atoms with Gasteiger partial charge in [-0.2, -0.15) is 0 Å². The fourth-order valence-electron chi connectivity index (χ4n) is 4.34. The molecule has 0 saturated heterocycles. The van der Waals surface area contributed by atoms with Crippen LogP contribution in [0.1, 0.15) is 45.2 Å². The van der Waals surface area contributed by atoms with Crippen molar-refractivity contribution in [2.75, 3.05) is 18.0 Å². The van der Waals surface area contributed by atoms with Crippen molar-refractivity contribution >= 4 is 50.7 Å². The lowest BCUT2D eigenvalue weighted by Crippen LogP contribution is -2.55. The quantitative estimate of drug-likeness (QED) is 0.270. The molecule has 0 aromatic heterocycles. The molecule has 2 amide bonds. The third kappa shape index (κ3) is 8.18. The van der Waals surface area contributed by atoms with E-state index in [0.717, 1.165) is 9.87 Å². The van der Waals surface area contributed by atoms with Crippen LogP contribution in [0.3, 0.4) is 0 Å². The zero-order valence-corrected chi connectivity index (χ0v) is 27.0. The van der Waals surface area contributed by atoms with E-state index in [1.165, 1.54) is 36.3 Å². The van der Waals surface area contributed by atoms with Crippen molar-refractivity contribution in [3.05, 3.63) is 87.9 Å². The molecule has 0 saturated carbocycles. The first-order chi connectivity index (χ1) is 19.7. The Morgan fingerprint density at radius 2 is 1.52 bits per heavy atom. The second-order valence-corrected chi connectivity index (χ2v) is 13.6. The van der Waals surface area contributed by atoms with Gasteiger partial charge >= 0.3 is 0 Å². The van der Waals surface area contributed by atoms with E-state index in [0.29, 0.717) is 27.0 Å². The van der Waals surface area contributed by atoms with Gasteiger partial charge in [-0.1, -0.05) is 53.9 Å². The SMILES string of the molecule is CCC(C(=O)NC(C)(C)C)N(Cc1c(Cl)cccc1Cl)C(=O)CN(c1ccc(C)cc1)S(=O)(=O)c1ccc(OC)cc1. The summed E-state index contributed by atoms with van der Waals surface area (Å²) in [5.41, 5.74) is 1.11. The highest BCUT2D eigenvalue weighted by atomic mass is 35.5. The molecule has 3 rings (SSSR count). The number of benzene rings is 3. The van der Waals surface area contributed by atoms with E-state index in [1.807, 2.05) is 27.7 Å². The summed E-state index contributed by atoms with van der Waals surface area (Å²) in [6, 6.07) is 16.8. The number of hydrogen-bond donors (Lipinski definition) is 1. The average molecular weight is 635 g/mol. The van der Waals surface area contributed by atoms with Gasteiger partial charge in [0.15, 0.2) is 0 Å². The van der Waals surface area contributed by atoms with Gasteiger partial charge in [0.1, 0.15) is 18.3 Å². The second kappa shape index (κ2) is 13.8. The molecule has 8 nitrogen and oxygen atoms in total. The van der Waals surface area contributed by atoms with E-state index < -0.39 is 34.1 Å². The van der Waals surface area contributed by atoms with Crippen LogP contribution in [0.4, 0.5) is 5.69 Å². The first-order valence-electron chi connectivity index (χ1n) is 13.5. The Labute approximate surface area is 258 Å². The van der Waals surface area contributed by atoms with Gasteiger partial charge in [0.25, 0.3) is 10.0 Å². The summed E-state index contributed by atoms with van der Waals surface area (Å²) in [6.45, 7) is 8.52. The smallest absolute Gasteiger partial charge is 0.264 e. The van der Waals surface area contributed by atoms with Crippen molar-refractivity contribution in [2.24, 2.45) is 0 Å². The molecule has 3 aromatic rings. The Morgan fingerprint density at radius 1 is 0.952 bits per heavy atom. The Bertz CT molecular complexity index is 1480. The van der Waals surface area contributed by atoms with Crippen LogP contribution in [0.15, 0.2) is 71.6 Å². The molecule has 0 aliphatic rings. The minimum atomic E-state index is -4.21. The van der Waals surface area contributed by atoms with Gasteiger partial charge < -0.3 is 15.0 Å². The zero-order chi connectivity index (χ0) is 31.2. The van der Waals surface area contributed by atoms with Gasteiger partial charge in [-0.15, -0.1) is 0 Å². The number of amides is 2. The highest BCUT2D eigenvalue weighted by Crippen LogP contribution is 2.29. The van der Waals surface area contributed by atoms with Gasteiger partial charge in [0.05, 0.1) is 17.7 Å². The number of anilines is 1. The highest BCUT2D eigenvalue weighted by Gasteiger charge is 2.35. The van der Waals surface area contributed by atoms with E-state index in [1.54, 1.807) is 49.4 Å². The predicted molar refractivity (Wildman–Crippen MR) is 168 cm³/mol. The van der Waals surface area contributed by atoms with Crippen molar-refractivity contribution in [3.8, 4) is 5.75 Å². The Balaban J connectivity index is 2.11. The number of rotatable bonds is 11. The van der Waals surface area contributed by atoms with Gasteiger partial charge in [0.2, 0.25) is 11.8 Å². The molecule has 0 bridgehead atoms. The lowest BCUT2D eigenvalue weighted by atomic mass is 10.1. The maximum absolute atomic E-state index is 14.2. The molecule has 226 valence electrons. The van der Waals surface area contributed by atoms with Crippen LogP contribution in [-0.4, -0.2) is 50.4 Å². The average Bonchev–Trinajstić information content (AvgIpc) is 2.92. The molecule has 3 aromatic carbocycles. The molecule has 42 heavy (non-hydrogen) atoms. The third-order valence-corrected chi connectivity index (χ3v) is 9.02. The van der Waals surface area contributed by atoms with Crippen molar-refractivity contribution in [3.63, 3.8) is 0 Å². The normalized spacial score (nSPS) is 12.4. The first-order valence-corrected chi connectivity index (χ1v) is 15.7. The third-order valence-electron chi connectivity index (χ3n) is 6.52. The standard InChI is InChI=1S/C31H37Cl2N3O5S/c1-7-28(30(38)34-31(3,4)5)35(19-25-26(32)9-8-10-27(25)33)29(37)20-36(22-13-11-21(2)12-14-22)42(39,40)24-17-15-23(41-6)16-18-24/h8-18,28H,7,19-20H2,1-6H3,(H,34,38). The maximum Gasteiger partial charge on any atom is 0.264 e. The number of aryl methyl sites for hydroxylation is 1. The van der Waals surface area contributed by atoms with Gasteiger partial charge in [0, 0.05) is 27.7 Å². The molecule has 0 heterocycles. The molecule has 1 unspecified atom stereocenters. The number of nitrogens with zero attached hydrogens (tertiary/aromatic N) is 2. The topological polar surface area (TPSA) is 96.0 Å². The Hall–Kier alpha value is -3.27. The Morgan fingerprint density at radius 3 is 2.02 bits per heavy atom. The molecule has 0 radical (unpaired) electrons. The molecular formula is C31H37Cl2N3O5S. The van der Waals surface area contributed by atoms with Crippen LogP contribution in [0.2, 0.25) is 10.0 Å². The van der Waals surface area contributed by atoms with Crippen molar-refractivity contribution in [1.82, 2.24) is 10.2 Å². The van der Waals surface area contributed by atoms with E-state index in [4.69, 9.17) is 27.9 Å². The van der Waals surface area contributed by atoms with E-state index in [9.17, 15) is 18.0 Å². The summed E-state index contributed by atoms with van der Waals surface area (Å²) in [5, 5.41) is 3.59. The molecular weight excluding hydrogens is 597 g/mol. The molecule has 0 aliphatic heterocycles. The molecule has 1 N–H and O–H groups in total. The van der Waals surface area contributed by atoms with Crippen LogP contribution in [0, 0.1) is 6.92 Å². The lowest BCUT2D eigenvalue weighted by molar-refractivity contribution is -0.141. The number of nitrogens with one attached hydrogen (secondary N) is 1. The van der Waals surface area contributed by atoms with Gasteiger partial charge in [-0.25, -0.2) is 8.42 Å². The first kappa shape index (κ1) is 33.2. The van der Waals surface area contributed by atoms with E-state index >= 15 is 0 Å². The molecule has 0 aliphatic carbocycles. The number of hydrogen-bond acceptors (Lipinski definition) is 5.